The van der Waals surface area contributed by atoms with Gasteiger partial charge in [-0.2, -0.15) is 0 Å². The Kier molecular flexibility index (Phi) is 7.74. The zero-order chi connectivity index (χ0) is 13.3. The van der Waals surface area contributed by atoms with Gasteiger partial charge >= 0.3 is 5.97 Å². The van der Waals surface area contributed by atoms with E-state index in [4.69, 9.17) is 14.6 Å². The van der Waals surface area contributed by atoms with E-state index in [9.17, 15) is 9.59 Å². The van der Waals surface area contributed by atoms with Gasteiger partial charge < -0.3 is 14.6 Å². The molecule has 1 N–H and O–H groups in total. The number of carbonyl (C=O) groups excluding carboxylic acids is 1. The number of carbonyl (C=O) groups is 2. The van der Waals surface area contributed by atoms with E-state index in [1.54, 1.807) is 6.92 Å². The molecule has 0 heterocycles. The second-order valence-corrected chi connectivity index (χ2v) is 4.12. The van der Waals surface area contributed by atoms with Gasteiger partial charge in [0.1, 0.15) is 12.2 Å². The number of hydrogen-bond donors (Lipinski definition) is 1. The lowest BCUT2D eigenvalue weighted by molar-refractivity contribution is -0.227. The minimum Gasteiger partial charge on any atom is -0.481 e. The summed E-state index contributed by atoms with van der Waals surface area (Å²) >= 11 is 0. The van der Waals surface area contributed by atoms with E-state index in [-0.39, 0.29) is 12.2 Å². The van der Waals surface area contributed by atoms with E-state index in [1.807, 2.05) is 13.8 Å². The summed E-state index contributed by atoms with van der Waals surface area (Å²) in [5, 5.41) is 8.53. The van der Waals surface area contributed by atoms with Crippen LogP contribution in [-0.2, 0) is 19.1 Å². The fourth-order valence-electron chi connectivity index (χ4n) is 1.37. The highest BCUT2D eigenvalue weighted by atomic mass is 16.7. The average molecular weight is 246 g/mol. The monoisotopic (exact) mass is 246 g/mol. The molecule has 0 aromatic rings. The average Bonchev–Trinajstić information content (AvgIpc) is 2.22. The van der Waals surface area contributed by atoms with Crippen molar-refractivity contribution in [1.82, 2.24) is 0 Å². The lowest BCUT2D eigenvalue weighted by Crippen LogP contribution is -2.36. The molecule has 0 aliphatic rings. The Morgan fingerprint density at radius 3 is 1.94 bits per heavy atom. The van der Waals surface area contributed by atoms with E-state index < -0.39 is 18.2 Å². The summed E-state index contributed by atoms with van der Waals surface area (Å²) < 4.78 is 11.0. The first-order valence-corrected chi connectivity index (χ1v) is 5.95. The molecule has 0 radical (unpaired) electrons. The number of rotatable bonds is 10. The molecular formula is C12H22O5. The Hall–Kier alpha value is -0.940. The smallest absolute Gasteiger partial charge is 0.310 e. The molecule has 100 valence electrons. The first-order chi connectivity index (χ1) is 7.93. The van der Waals surface area contributed by atoms with Gasteiger partial charge in [-0.25, -0.2) is 0 Å². The molecule has 0 saturated heterocycles. The fraction of sp³-hybridized carbons (Fsp3) is 0.833. The first-order valence-electron chi connectivity index (χ1n) is 5.95. The van der Waals surface area contributed by atoms with Crippen molar-refractivity contribution in [1.29, 1.82) is 0 Å². The summed E-state index contributed by atoms with van der Waals surface area (Å²) in [5.74, 6) is -2.51. The lowest BCUT2D eigenvalue weighted by Gasteiger charge is -2.29. The Morgan fingerprint density at radius 1 is 1.12 bits per heavy atom. The van der Waals surface area contributed by atoms with Gasteiger partial charge in [0.25, 0.3) is 0 Å². The van der Waals surface area contributed by atoms with Gasteiger partial charge in [-0.3, -0.25) is 9.59 Å². The summed E-state index contributed by atoms with van der Waals surface area (Å²) in [4.78, 5) is 21.9. The van der Waals surface area contributed by atoms with Crippen LogP contribution in [0.2, 0.25) is 0 Å². The molecule has 0 atom stereocenters. The van der Waals surface area contributed by atoms with Crippen molar-refractivity contribution >= 4 is 11.8 Å². The SMILES string of the molecule is CCCOC(C)(CC(=O)CC(=O)O)OCCC. The van der Waals surface area contributed by atoms with Crippen LogP contribution in [0.25, 0.3) is 0 Å². The summed E-state index contributed by atoms with van der Waals surface area (Å²) in [6.45, 7) is 6.57. The van der Waals surface area contributed by atoms with E-state index in [1.165, 1.54) is 0 Å². The van der Waals surface area contributed by atoms with Crippen molar-refractivity contribution < 1.29 is 24.2 Å². The maximum atomic E-state index is 11.5. The van der Waals surface area contributed by atoms with Gasteiger partial charge in [-0.15, -0.1) is 0 Å². The first kappa shape index (κ1) is 16.1. The standard InChI is InChI=1S/C12H22O5/c1-4-6-16-12(3,17-7-5-2)9-10(13)8-11(14)15/h4-9H2,1-3H3,(H,14,15). The molecule has 17 heavy (non-hydrogen) atoms. The predicted molar refractivity (Wildman–Crippen MR) is 62.8 cm³/mol. The van der Waals surface area contributed by atoms with Crippen molar-refractivity contribution in [3.63, 3.8) is 0 Å². The van der Waals surface area contributed by atoms with Crippen molar-refractivity contribution in [2.75, 3.05) is 13.2 Å². The largest absolute Gasteiger partial charge is 0.481 e. The van der Waals surface area contributed by atoms with Crippen molar-refractivity contribution in [2.24, 2.45) is 0 Å². The highest BCUT2D eigenvalue weighted by molar-refractivity contribution is 5.95. The quantitative estimate of drug-likeness (QED) is 0.471. The zero-order valence-electron chi connectivity index (χ0n) is 10.8. The molecule has 0 aliphatic carbocycles. The molecule has 0 aromatic carbocycles. The van der Waals surface area contributed by atoms with Gasteiger partial charge in [0.05, 0.1) is 6.42 Å². The molecule has 0 unspecified atom stereocenters. The number of carboxylic acid groups (broad SMARTS) is 1. The molecule has 0 aliphatic heterocycles. The number of Topliss-reactive ketones (excluding diaryl/α,β-unsaturated/α-hetero) is 1. The highest BCUT2D eigenvalue weighted by Crippen LogP contribution is 2.19. The van der Waals surface area contributed by atoms with Crippen LogP contribution in [0.5, 0.6) is 0 Å². The molecule has 0 bridgehead atoms. The topological polar surface area (TPSA) is 72.8 Å². The normalized spacial score (nSPS) is 11.5. The second kappa shape index (κ2) is 8.20. The molecular weight excluding hydrogens is 224 g/mol. The number of ether oxygens (including phenoxy) is 2. The van der Waals surface area contributed by atoms with Crippen LogP contribution in [0.1, 0.15) is 46.5 Å². The maximum Gasteiger partial charge on any atom is 0.310 e. The molecule has 5 nitrogen and oxygen atoms in total. The summed E-state index contributed by atoms with van der Waals surface area (Å²) in [7, 11) is 0. The number of carboxylic acids is 1. The third-order valence-electron chi connectivity index (χ3n) is 2.09. The summed E-state index contributed by atoms with van der Waals surface area (Å²) in [6, 6.07) is 0. The molecule has 0 aromatic heterocycles. The highest BCUT2D eigenvalue weighted by Gasteiger charge is 2.29. The Labute approximate surface area is 102 Å². The van der Waals surface area contributed by atoms with Crippen LogP contribution in [0.3, 0.4) is 0 Å². The molecule has 0 amide bonds. The minimum atomic E-state index is -1.12. The maximum absolute atomic E-state index is 11.5. The minimum absolute atomic E-state index is 0.0285. The second-order valence-electron chi connectivity index (χ2n) is 4.12. The molecule has 0 fully saturated rings. The molecule has 0 spiro atoms. The third-order valence-corrected chi connectivity index (χ3v) is 2.09. The number of aliphatic carboxylic acids is 1. The Bertz CT molecular complexity index is 241. The Morgan fingerprint density at radius 2 is 1.59 bits per heavy atom. The van der Waals surface area contributed by atoms with Gasteiger partial charge in [-0.1, -0.05) is 13.8 Å². The van der Waals surface area contributed by atoms with E-state index in [2.05, 4.69) is 0 Å². The molecule has 0 saturated carbocycles. The lowest BCUT2D eigenvalue weighted by atomic mass is 10.1. The van der Waals surface area contributed by atoms with Gasteiger partial charge in [0.15, 0.2) is 5.79 Å². The summed E-state index contributed by atoms with van der Waals surface area (Å²) in [5.41, 5.74) is 0. The van der Waals surface area contributed by atoms with Crippen molar-refractivity contribution in [3.05, 3.63) is 0 Å². The van der Waals surface area contributed by atoms with Crippen LogP contribution in [0.4, 0.5) is 0 Å². The van der Waals surface area contributed by atoms with E-state index in [0.29, 0.717) is 13.2 Å². The number of ketones is 1. The van der Waals surface area contributed by atoms with E-state index >= 15 is 0 Å². The van der Waals surface area contributed by atoms with E-state index in [0.717, 1.165) is 12.8 Å². The molecule has 0 rings (SSSR count). The predicted octanol–water partition coefficient (Wildman–Crippen LogP) is 1.99. The van der Waals surface area contributed by atoms with Crippen LogP contribution in [-0.4, -0.2) is 35.9 Å². The number of hydrogen-bond acceptors (Lipinski definition) is 4. The van der Waals surface area contributed by atoms with Crippen LogP contribution < -0.4 is 0 Å². The molecule has 5 heteroatoms. The zero-order valence-corrected chi connectivity index (χ0v) is 10.8. The summed E-state index contributed by atoms with van der Waals surface area (Å²) in [6.07, 6.45) is 1.12. The third kappa shape index (κ3) is 7.88. The van der Waals surface area contributed by atoms with Crippen LogP contribution in [0.15, 0.2) is 0 Å². The van der Waals surface area contributed by atoms with Crippen molar-refractivity contribution in [2.45, 2.75) is 52.2 Å². The van der Waals surface area contributed by atoms with Gasteiger partial charge in [0.2, 0.25) is 0 Å². The van der Waals surface area contributed by atoms with Gasteiger partial charge in [0, 0.05) is 13.2 Å². The fourth-order valence-corrected chi connectivity index (χ4v) is 1.37. The van der Waals surface area contributed by atoms with Gasteiger partial charge in [-0.05, 0) is 19.8 Å². The Balaban J connectivity index is 4.34. The van der Waals surface area contributed by atoms with Crippen LogP contribution in [0, 0.1) is 0 Å². The van der Waals surface area contributed by atoms with Crippen LogP contribution >= 0.6 is 0 Å². The van der Waals surface area contributed by atoms with Crippen molar-refractivity contribution in [3.8, 4) is 0 Å².